The number of benzene rings is 1. The van der Waals surface area contributed by atoms with E-state index in [1.807, 2.05) is 42.2 Å². The number of piperidine rings is 1. The first kappa shape index (κ1) is 21.2. The molecule has 30 heavy (non-hydrogen) atoms. The van der Waals surface area contributed by atoms with Crippen molar-refractivity contribution < 1.29 is 14.3 Å². The van der Waals surface area contributed by atoms with Crippen LogP contribution in [0.3, 0.4) is 0 Å². The molecule has 2 amide bonds. The fourth-order valence-electron chi connectivity index (χ4n) is 4.02. The number of likely N-dealkylation sites (tertiary alicyclic amines) is 1. The van der Waals surface area contributed by atoms with Gasteiger partial charge in [0, 0.05) is 43.1 Å². The van der Waals surface area contributed by atoms with Crippen LogP contribution >= 0.6 is 27.7 Å². The van der Waals surface area contributed by atoms with Crippen LogP contribution in [-0.2, 0) is 11.3 Å². The van der Waals surface area contributed by atoms with E-state index in [1.165, 1.54) is 0 Å². The zero-order chi connectivity index (χ0) is 21.1. The van der Waals surface area contributed by atoms with Gasteiger partial charge in [-0.1, -0.05) is 35.0 Å². The molecule has 2 aliphatic heterocycles. The SMILES string of the molecule is CCSc1ncccc1C(=O)N1CCC2(CC1)CN(Cc1cccc(Br)c1)C(=O)O2. The van der Waals surface area contributed by atoms with E-state index in [0.717, 1.165) is 20.8 Å². The number of aromatic nitrogens is 1. The molecular weight excluding hydrogens is 466 g/mol. The predicted molar refractivity (Wildman–Crippen MR) is 120 cm³/mol. The van der Waals surface area contributed by atoms with E-state index in [-0.39, 0.29) is 12.0 Å². The average Bonchev–Trinajstić information content (AvgIpc) is 3.03. The number of carbonyl (C=O) groups excluding carboxylic acids is 2. The van der Waals surface area contributed by atoms with Crippen molar-refractivity contribution in [2.75, 3.05) is 25.4 Å². The third kappa shape index (κ3) is 4.49. The maximum absolute atomic E-state index is 13.1. The van der Waals surface area contributed by atoms with Crippen molar-refractivity contribution in [1.29, 1.82) is 0 Å². The van der Waals surface area contributed by atoms with E-state index < -0.39 is 5.60 Å². The lowest BCUT2D eigenvalue weighted by atomic mass is 9.91. The van der Waals surface area contributed by atoms with E-state index in [9.17, 15) is 9.59 Å². The van der Waals surface area contributed by atoms with Gasteiger partial charge in [-0.25, -0.2) is 9.78 Å². The molecule has 3 heterocycles. The molecule has 0 N–H and O–H groups in total. The number of pyridine rings is 1. The molecule has 2 fully saturated rings. The summed E-state index contributed by atoms with van der Waals surface area (Å²) < 4.78 is 6.81. The van der Waals surface area contributed by atoms with E-state index in [1.54, 1.807) is 28.9 Å². The van der Waals surface area contributed by atoms with Gasteiger partial charge in [0.2, 0.25) is 0 Å². The summed E-state index contributed by atoms with van der Waals surface area (Å²) in [5, 5.41) is 0.776. The molecular formula is C22H24BrN3O3S. The van der Waals surface area contributed by atoms with Crippen LogP contribution in [0.2, 0.25) is 0 Å². The van der Waals surface area contributed by atoms with Gasteiger partial charge >= 0.3 is 6.09 Å². The summed E-state index contributed by atoms with van der Waals surface area (Å²) in [7, 11) is 0. The van der Waals surface area contributed by atoms with E-state index >= 15 is 0 Å². The normalized spacial score (nSPS) is 18.0. The molecule has 158 valence electrons. The van der Waals surface area contributed by atoms with Crippen molar-refractivity contribution in [3.8, 4) is 0 Å². The second-order valence-electron chi connectivity index (χ2n) is 7.62. The number of hydrogen-bond acceptors (Lipinski definition) is 5. The summed E-state index contributed by atoms with van der Waals surface area (Å²) in [6.07, 6.45) is 2.74. The Morgan fingerprint density at radius 3 is 2.80 bits per heavy atom. The molecule has 0 radical (unpaired) electrons. The topological polar surface area (TPSA) is 62.7 Å². The largest absolute Gasteiger partial charge is 0.441 e. The zero-order valence-corrected chi connectivity index (χ0v) is 19.2. The number of ether oxygens (including phenoxy) is 1. The minimum absolute atomic E-state index is 0.00390. The molecule has 2 saturated heterocycles. The van der Waals surface area contributed by atoms with Crippen LogP contribution in [0.5, 0.6) is 0 Å². The van der Waals surface area contributed by atoms with Crippen molar-refractivity contribution in [2.24, 2.45) is 0 Å². The summed E-state index contributed by atoms with van der Waals surface area (Å²) in [4.78, 5) is 33.5. The number of rotatable bonds is 5. The van der Waals surface area contributed by atoms with Gasteiger partial charge in [-0.05, 0) is 35.6 Å². The standard InChI is InChI=1S/C22H24BrN3O3S/c1-2-30-19-18(7-4-10-24-19)20(27)25-11-8-22(9-12-25)15-26(21(28)29-22)14-16-5-3-6-17(23)13-16/h3-7,10,13H,2,8-9,11-12,14-15H2,1H3. The van der Waals surface area contributed by atoms with Crippen molar-refractivity contribution in [3.63, 3.8) is 0 Å². The first-order chi connectivity index (χ1) is 14.5. The van der Waals surface area contributed by atoms with Gasteiger partial charge in [-0.15, -0.1) is 11.8 Å². The zero-order valence-electron chi connectivity index (χ0n) is 16.8. The minimum Gasteiger partial charge on any atom is -0.441 e. The monoisotopic (exact) mass is 489 g/mol. The first-order valence-electron chi connectivity index (χ1n) is 10.1. The molecule has 1 aromatic heterocycles. The van der Waals surface area contributed by atoms with Gasteiger partial charge in [0.05, 0.1) is 12.1 Å². The summed E-state index contributed by atoms with van der Waals surface area (Å²) in [5.74, 6) is 0.869. The van der Waals surface area contributed by atoms with Gasteiger partial charge in [-0.3, -0.25) is 9.69 Å². The molecule has 2 aliphatic rings. The molecule has 2 aromatic rings. The number of thioether (sulfide) groups is 1. The Balaban J connectivity index is 1.39. The molecule has 8 heteroatoms. The van der Waals surface area contributed by atoms with Crippen LogP contribution in [0.15, 0.2) is 52.1 Å². The highest BCUT2D eigenvalue weighted by molar-refractivity contribution is 9.10. The Morgan fingerprint density at radius 1 is 1.27 bits per heavy atom. The maximum Gasteiger partial charge on any atom is 0.410 e. The van der Waals surface area contributed by atoms with E-state index in [0.29, 0.717) is 44.6 Å². The summed E-state index contributed by atoms with van der Waals surface area (Å²) >= 11 is 5.05. The van der Waals surface area contributed by atoms with Crippen LogP contribution in [0.1, 0.15) is 35.7 Å². The second kappa shape index (κ2) is 8.98. The lowest BCUT2D eigenvalue weighted by Crippen LogP contribution is -2.48. The van der Waals surface area contributed by atoms with Crippen LogP contribution in [0.4, 0.5) is 4.79 Å². The molecule has 6 nitrogen and oxygen atoms in total. The Kier molecular flexibility index (Phi) is 6.34. The fourth-order valence-corrected chi connectivity index (χ4v) is 5.19. The van der Waals surface area contributed by atoms with Gasteiger partial charge in [0.25, 0.3) is 5.91 Å². The molecule has 4 rings (SSSR count). The molecule has 1 aromatic carbocycles. The van der Waals surface area contributed by atoms with Crippen molar-refractivity contribution >= 4 is 39.7 Å². The molecule has 0 bridgehead atoms. The quantitative estimate of drug-likeness (QED) is 0.575. The maximum atomic E-state index is 13.1. The fraction of sp³-hybridized carbons (Fsp3) is 0.409. The van der Waals surface area contributed by atoms with Crippen LogP contribution < -0.4 is 0 Å². The van der Waals surface area contributed by atoms with Crippen molar-refractivity contribution in [3.05, 3.63) is 58.2 Å². The summed E-state index contributed by atoms with van der Waals surface area (Å²) in [5.41, 5.74) is 1.21. The first-order valence-corrected chi connectivity index (χ1v) is 11.9. The smallest absolute Gasteiger partial charge is 0.410 e. The third-order valence-corrected chi connectivity index (χ3v) is 6.93. The Hall–Kier alpha value is -2.06. The molecule has 0 saturated carbocycles. The van der Waals surface area contributed by atoms with Gasteiger partial charge in [0.1, 0.15) is 10.6 Å². The molecule has 0 unspecified atom stereocenters. The summed E-state index contributed by atoms with van der Waals surface area (Å²) in [6.45, 7) is 4.27. The van der Waals surface area contributed by atoms with E-state index in [4.69, 9.17) is 4.74 Å². The lowest BCUT2D eigenvalue weighted by molar-refractivity contribution is 0.00301. The molecule has 1 spiro atoms. The van der Waals surface area contributed by atoms with Crippen LogP contribution in [-0.4, -0.2) is 57.8 Å². The van der Waals surface area contributed by atoms with Crippen LogP contribution in [0.25, 0.3) is 0 Å². The predicted octanol–water partition coefficient (Wildman–Crippen LogP) is 4.58. The number of carbonyl (C=O) groups is 2. The Bertz CT molecular complexity index is 947. The van der Waals surface area contributed by atoms with Gasteiger partial charge in [-0.2, -0.15) is 0 Å². The highest BCUT2D eigenvalue weighted by Gasteiger charge is 2.47. The Labute approximate surface area is 189 Å². The lowest BCUT2D eigenvalue weighted by Gasteiger charge is -2.37. The minimum atomic E-state index is -0.504. The number of nitrogens with zero attached hydrogens (tertiary/aromatic N) is 3. The van der Waals surface area contributed by atoms with Crippen LogP contribution in [0, 0.1) is 0 Å². The highest BCUT2D eigenvalue weighted by Crippen LogP contribution is 2.35. The number of hydrogen-bond donors (Lipinski definition) is 0. The van der Waals surface area contributed by atoms with Gasteiger partial charge < -0.3 is 9.64 Å². The second-order valence-corrected chi connectivity index (χ2v) is 9.79. The average molecular weight is 490 g/mol. The number of amides is 2. The third-order valence-electron chi connectivity index (χ3n) is 5.55. The van der Waals surface area contributed by atoms with E-state index in [2.05, 4.69) is 20.9 Å². The van der Waals surface area contributed by atoms with Crippen molar-refractivity contribution in [1.82, 2.24) is 14.8 Å². The highest BCUT2D eigenvalue weighted by atomic mass is 79.9. The van der Waals surface area contributed by atoms with Crippen molar-refractivity contribution in [2.45, 2.75) is 36.9 Å². The Morgan fingerprint density at radius 2 is 2.07 bits per heavy atom. The summed E-state index contributed by atoms with van der Waals surface area (Å²) in [6, 6.07) is 11.6. The molecule has 0 aliphatic carbocycles. The number of halogens is 1. The van der Waals surface area contributed by atoms with Gasteiger partial charge in [0.15, 0.2) is 0 Å². The molecule has 0 atom stereocenters.